The summed E-state index contributed by atoms with van der Waals surface area (Å²) < 4.78 is 10.8. The lowest BCUT2D eigenvalue weighted by Crippen LogP contribution is -2.18. The molecule has 1 aromatic rings. The average molecular weight is 180 g/mol. The predicted molar refractivity (Wildman–Crippen MR) is 47.9 cm³/mol. The second kappa shape index (κ2) is 3.72. The fourth-order valence-corrected chi connectivity index (χ4v) is 1.30. The van der Waals surface area contributed by atoms with E-state index in [0.717, 1.165) is 25.2 Å². The topological polar surface area (TPSA) is 57.4 Å². The molecule has 4 nitrogen and oxygen atoms in total. The van der Waals surface area contributed by atoms with Crippen LogP contribution in [0.25, 0.3) is 0 Å². The van der Waals surface area contributed by atoms with Crippen LogP contribution >= 0.6 is 0 Å². The first-order chi connectivity index (χ1) is 6.38. The first-order valence-electron chi connectivity index (χ1n) is 4.30. The van der Waals surface area contributed by atoms with Gasteiger partial charge in [0.2, 0.25) is 0 Å². The summed E-state index contributed by atoms with van der Waals surface area (Å²) in [5.41, 5.74) is 7.22. The van der Waals surface area contributed by atoms with Gasteiger partial charge in [-0.15, -0.1) is 0 Å². The Balaban J connectivity index is 2.18. The summed E-state index contributed by atoms with van der Waals surface area (Å²) in [5.74, 6) is 0. The molecule has 1 saturated heterocycles. The molecule has 2 rings (SSSR count). The molecular formula is C9H12N2O2. The van der Waals surface area contributed by atoms with Gasteiger partial charge < -0.3 is 15.2 Å². The zero-order chi connectivity index (χ0) is 9.10. The Labute approximate surface area is 76.7 Å². The quantitative estimate of drug-likeness (QED) is 0.703. The van der Waals surface area contributed by atoms with Gasteiger partial charge in [-0.1, -0.05) is 0 Å². The number of anilines is 1. The Kier molecular flexibility index (Phi) is 2.42. The van der Waals surface area contributed by atoms with E-state index >= 15 is 0 Å². The average Bonchev–Trinajstić information content (AvgIpc) is 2.20. The van der Waals surface area contributed by atoms with Crippen LogP contribution in [0.2, 0.25) is 0 Å². The van der Waals surface area contributed by atoms with Crippen molar-refractivity contribution in [3.63, 3.8) is 0 Å². The summed E-state index contributed by atoms with van der Waals surface area (Å²) >= 11 is 0. The molecule has 1 aliphatic heterocycles. The van der Waals surface area contributed by atoms with Crippen LogP contribution in [-0.4, -0.2) is 18.2 Å². The van der Waals surface area contributed by atoms with Crippen LogP contribution in [0.15, 0.2) is 18.5 Å². The van der Waals surface area contributed by atoms with Crippen molar-refractivity contribution in [1.29, 1.82) is 0 Å². The summed E-state index contributed by atoms with van der Waals surface area (Å²) in [7, 11) is 0. The fraction of sp³-hybridized carbons (Fsp3) is 0.444. The maximum absolute atomic E-state index is 5.73. The number of hydrogen-bond donors (Lipinski definition) is 1. The van der Waals surface area contributed by atoms with Gasteiger partial charge in [0.1, 0.15) is 0 Å². The fourth-order valence-electron chi connectivity index (χ4n) is 1.30. The third-order valence-corrected chi connectivity index (χ3v) is 1.97. The molecular weight excluding hydrogens is 168 g/mol. The highest BCUT2D eigenvalue weighted by atomic mass is 16.7. The summed E-state index contributed by atoms with van der Waals surface area (Å²) in [5, 5.41) is 0. The Morgan fingerprint density at radius 2 is 2.15 bits per heavy atom. The van der Waals surface area contributed by atoms with Crippen molar-refractivity contribution in [1.82, 2.24) is 4.98 Å². The highest BCUT2D eigenvalue weighted by molar-refractivity contribution is 5.44. The maximum Gasteiger partial charge on any atom is 0.185 e. The standard InChI is InChI=1S/C9H12N2O2/c10-8-6-11-3-2-7(8)9-12-4-1-5-13-9/h2-3,6,9H,1,4-5,10H2. The molecule has 1 aliphatic rings. The monoisotopic (exact) mass is 180 g/mol. The second-order valence-corrected chi connectivity index (χ2v) is 2.93. The molecule has 0 amide bonds. The van der Waals surface area contributed by atoms with Gasteiger partial charge in [0.25, 0.3) is 0 Å². The van der Waals surface area contributed by atoms with E-state index in [4.69, 9.17) is 15.2 Å². The molecule has 0 aliphatic carbocycles. The van der Waals surface area contributed by atoms with Crippen molar-refractivity contribution in [2.24, 2.45) is 0 Å². The minimum atomic E-state index is -0.309. The molecule has 1 fully saturated rings. The first kappa shape index (κ1) is 8.47. The molecule has 0 saturated carbocycles. The van der Waals surface area contributed by atoms with Crippen molar-refractivity contribution in [2.75, 3.05) is 18.9 Å². The summed E-state index contributed by atoms with van der Waals surface area (Å²) in [6, 6.07) is 1.82. The van der Waals surface area contributed by atoms with Crippen molar-refractivity contribution in [3.05, 3.63) is 24.0 Å². The van der Waals surface area contributed by atoms with Crippen molar-refractivity contribution >= 4 is 5.69 Å². The van der Waals surface area contributed by atoms with Crippen LogP contribution in [0.1, 0.15) is 18.3 Å². The molecule has 1 aromatic heterocycles. The Morgan fingerprint density at radius 3 is 2.85 bits per heavy atom. The largest absolute Gasteiger partial charge is 0.397 e. The van der Waals surface area contributed by atoms with Crippen LogP contribution in [0.5, 0.6) is 0 Å². The molecule has 4 heteroatoms. The Hall–Kier alpha value is -1.13. The molecule has 0 atom stereocenters. The van der Waals surface area contributed by atoms with Gasteiger partial charge in [-0.2, -0.15) is 0 Å². The van der Waals surface area contributed by atoms with Gasteiger partial charge in [0.05, 0.1) is 25.1 Å². The second-order valence-electron chi connectivity index (χ2n) is 2.93. The number of pyridine rings is 1. The number of nitrogen functional groups attached to an aromatic ring is 1. The third-order valence-electron chi connectivity index (χ3n) is 1.97. The van der Waals surface area contributed by atoms with Gasteiger partial charge >= 0.3 is 0 Å². The number of ether oxygens (including phenoxy) is 2. The van der Waals surface area contributed by atoms with Gasteiger partial charge in [-0.05, 0) is 12.5 Å². The lowest BCUT2D eigenvalue weighted by molar-refractivity contribution is -0.182. The van der Waals surface area contributed by atoms with Gasteiger partial charge in [0, 0.05) is 11.8 Å². The first-order valence-corrected chi connectivity index (χ1v) is 4.30. The van der Waals surface area contributed by atoms with Crippen molar-refractivity contribution in [2.45, 2.75) is 12.7 Å². The zero-order valence-electron chi connectivity index (χ0n) is 7.27. The van der Waals surface area contributed by atoms with E-state index in [0.29, 0.717) is 5.69 Å². The molecule has 2 heterocycles. The van der Waals surface area contributed by atoms with Crippen LogP contribution in [0, 0.1) is 0 Å². The van der Waals surface area contributed by atoms with E-state index in [-0.39, 0.29) is 6.29 Å². The van der Waals surface area contributed by atoms with E-state index in [1.807, 2.05) is 6.07 Å². The van der Waals surface area contributed by atoms with E-state index in [2.05, 4.69) is 4.98 Å². The van der Waals surface area contributed by atoms with Crippen LogP contribution < -0.4 is 5.73 Å². The third kappa shape index (κ3) is 1.79. The minimum absolute atomic E-state index is 0.309. The molecule has 0 radical (unpaired) electrons. The smallest absolute Gasteiger partial charge is 0.185 e. The van der Waals surface area contributed by atoms with E-state index in [9.17, 15) is 0 Å². The van der Waals surface area contributed by atoms with E-state index in [1.54, 1.807) is 12.4 Å². The molecule has 0 bridgehead atoms. The molecule has 2 N–H and O–H groups in total. The van der Waals surface area contributed by atoms with Gasteiger partial charge in [0.15, 0.2) is 6.29 Å². The number of nitrogens with zero attached hydrogens (tertiary/aromatic N) is 1. The molecule has 0 aromatic carbocycles. The summed E-state index contributed by atoms with van der Waals surface area (Å²) in [6.45, 7) is 1.46. The lowest BCUT2D eigenvalue weighted by Gasteiger charge is -2.24. The maximum atomic E-state index is 5.73. The Morgan fingerprint density at radius 1 is 1.38 bits per heavy atom. The zero-order valence-corrected chi connectivity index (χ0v) is 7.27. The number of aromatic nitrogens is 1. The number of rotatable bonds is 1. The lowest BCUT2D eigenvalue weighted by atomic mass is 10.2. The van der Waals surface area contributed by atoms with E-state index in [1.165, 1.54) is 0 Å². The van der Waals surface area contributed by atoms with Crippen molar-refractivity contribution < 1.29 is 9.47 Å². The highest BCUT2D eigenvalue weighted by Crippen LogP contribution is 2.26. The summed E-state index contributed by atoms with van der Waals surface area (Å²) in [6.07, 6.45) is 3.93. The SMILES string of the molecule is Nc1cnccc1C1OCCCO1. The predicted octanol–water partition coefficient (Wildman–Crippen LogP) is 1.10. The highest BCUT2D eigenvalue weighted by Gasteiger charge is 2.18. The van der Waals surface area contributed by atoms with Crippen molar-refractivity contribution in [3.8, 4) is 0 Å². The van der Waals surface area contributed by atoms with Crippen LogP contribution in [-0.2, 0) is 9.47 Å². The van der Waals surface area contributed by atoms with Crippen LogP contribution in [0.4, 0.5) is 5.69 Å². The van der Waals surface area contributed by atoms with Gasteiger partial charge in [-0.25, -0.2) is 0 Å². The minimum Gasteiger partial charge on any atom is -0.397 e. The summed E-state index contributed by atoms with van der Waals surface area (Å²) in [4.78, 5) is 3.90. The van der Waals surface area contributed by atoms with Crippen LogP contribution in [0.3, 0.4) is 0 Å². The Bertz CT molecular complexity index is 285. The molecule has 70 valence electrons. The normalized spacial score (nSPS) is 18.8. The molecule has 13 heavy (non-hydrogen) atoms. The molecule has 0 unspecified atom stereocenters. The molecule has 0 spiro atoms. The number of nitrogens with two attached hydrogens (primary N) is 1. The number of hydrogen-bond acceptors (Lipinski definition) is 4. The van der Waals surface area contributed by atoms with Gasteiger partial charge in [-0.3, -0.25) is 4.98 Å². The van der Waals surface area contributed by atoms with E-state index < -0.39 is 0 Å².